The molecule has 1 aliphatic heterocycles. The van der Waals surface area contributed by atoms with Gasteiger partial charge in [-0.2, -0.15) is 4.39 Å². The van der Waals surface area contributed by atoms with Gasteiger partial charge < -0.3 is 9.47 Å². The highest BCUT2D eigenvalue weighted by Crippen LogP contribution is 2.30. The minimum Gasteiger partial charge on any atom is -0.493 e. The molecule has 1 aliphatic rings. The average Bonchev–Trinajstić information content (AvgIpc) is 2.87. The molecule has 0 radical (unpaired) electrons. The number of rotatable bonds is 7. The van der Waals surface area contributed by atoms with Crippen molar-refractivity contribution in [2.75, 3.05) is 18.6 Å². The van der Waals surface area contributed by atoms with Gasteiger partial charge in [0.15, 0.2) is 11.6 Å². The Bertz CT molecular complexity index is 536. The molecule has 1 aromatic carbocycles. The normalized spacial score (nSPS) is 17.7. The van der Waals surface area contributed by atoms with E-state index in [1.165, 1.54) is 18.1 Å². The van der Waals surface area contributed by atoms with Crippen LogP contribution in [-0.4, -0.2) is 25.9 Å². The monoisotopic (exact) mass is 313 g/mol. The van der Waals surface area contributed by atoms with E-state index in [0.717, 1.165) is 38.2 Å². The number of benzene rings is 1. The third-order valence-electron chi connectivity index (χ3n) is 3.76. The van der Waals surface area contributed by atoms with Gasteiger partial charge in [-0.05, 0) is 12.8 Å². The first-order valence-electron chi connectivity index (χ1n) is 7.58. The summed E-state index contributed by atoms with van der Waals surface area (Å²) in [7, 11) is 1.25. The van der Waals surface area contributed by atoms with Crippen molar-refractivity contribution in [1.82, 2.24) is 0 Å². The maximum absolute atomic E-state index is 13.6. The molecule has 1 aromatic rings. The van der Waals surface area contributed by atoms with Crippen LogP contribution in [0.4, 0.5) is 19.3 Å². The minimum absolute atomic E-state index is 0.205. The van der Waals surface area contributed by atoms with Crippen LogP contribution in [0.15, 0.2) is 12.1 Å². The van der Waals surface area contributed by atoms with Crippen LogP contribution in [0.3, 0.4) is 0 Å². The van der Waals surface area contributed by atoms with E-state index in [9.17, 15) is 13.6 Å². The predicted molar refractivity (Wildman–Crippen MR) is 79.3 cm³/mol. The second-order valence-corrected chi connectivity index (χ2v) is 5.41. The smallest absolute Gasteiger partial charge is 0.414 e. The average molecular weight is 313 g/mol. The number of carbonyl (C=O) groups excluding carboxylic acids is 1. The van der Waals surface area contributed by atoms with E-state index >= 15 is 0 Å². The van der Waals surface area contributed by atoms with Crippen LogP contribution >= 0.6 is 0 Å². The van der Waals surface area contributed by atoms with Crippen LogP contribution in [0.5, 0.6) is 5.75 Å². The molecule has 1 unspecified atom stereocenters. The highest BCUT2D eigenvalue weighted by Gasteiger charge is 2.33. The van der Waals surface area contributed by atoms with Gasteiger partial charge in [0.25, 0.3) is 0 Å². The van der Waals surface area contributed by atoms with Gasteiger partial charge in [0.05, 0.1) is 19.3 Å². The number of ether oxygens (including phenoxy) is 2. The Labute approximate surface area is 129 Å². The zero-order chi connectivity index (χ0) is 16.1. The number of methoxy groups -OCH3 is 1. The van der Waals surface area contributed by atoms with E-state index < -0.39 is 17.7 Å². The number of amides is 1. The lowest BCUT2D eigenvalue weighted by Gasteiger charge is -2.15. The molecule has 1 saturated heterocycles. The van der Waals surface area contributed by atoms with Crippen molar-refractivity contribution in [3.63, 3.8) is 0 Å². The van der Waals surface area contributed by atoms with Crippen LogP contribution < -0.4 is 9.64 Å². The summed E-state index contributed by atoms with van der Waals surface area (Å²) in [6.45, 7) is 2.48. The SMILES string of the molecule is CCCCCCC1CN(c2cc(F)c(F)c(OC)c2)C(=O)O1. The van der Waals surface area contributed by atoms with Crippen LogP contribution in [0.1, 0.15) is 39.0 Å². The zero-order valence-corrected chi connectivity index (χ0v) is 12.9. The molecule has 0 bridgehead atoms. The molecular formula is C16H21F2NO3. The Morgan fingerprint density at radius 1 is 1.32 bits per heavy atom. The van der Waals surface area contributed by atoms with Gasteiger partial charge in [-0.25, -0.2) is 9.18 Å². The first kappa shape index (κ1) is 16.5. The number of hydrogen-bond acceptors (Lipinski definition) is 3. The number of anilines is 1. The van der Waals surface area contributed by atoms with E-state index in [1.54, 1.807) is 0 Å². The largest absolute Gasteiger partial charge is 0.493 e. The summed E-state index contributed by atoms with van der Waals surface area (Å²) in [6, 6.07) is 2.29. The fourth-order valence-electron chi connectivity index (χ4n) is 2.54. The predicted octanol–water partition coefficient (Wildman–Crippen LogP) is 4.27. The fourth-order valence-corrected chi connectivity index (χ4v) is 2.54. The van der Waals surface area contributed by atoms with E-state index in [2.05, 4.69) is 6.92 Å². The summed E-state index contributed by atoms with van der Waals surface area (Å²) in [6.07, 6.45) is 4.43. The summed E-state index contributed by atoms with van der Waals surface area (Å²) in [5, 5.41) is 0. The molecule has 0 saturated carbocycles. The zero-order valence-electron chi connectivity index (χ0n) is 12.9. The first-order chi connectivity index (χ1) is 10.6. The Morgan fingerprint density at radius 3 is 2.77 bits per heavy atom. The highest BCUT2D eigenvalue weighted by molar-refractivity contribution is 5.90. The molecule has 0 spiro atoms. The summed E-state index contributed by atoms with van der Waals surface area (Å²) >= 11 is 0. The Balaban J connectivity index is 2.04. The quantitative estimate of drug-likeness (QED) is 0.706. The van der Waals surface area contributed by atoms with Crippen molar-refractivity contribution >= 4 is 11.8 Å². The topological polar surface area (TPSA) is 38.8 Å². The lowest BCUT2D eigenvalue weighted by molar-refractivity contribution is 0.135. The number of unbranched alkanes of at least 4 members (excludes halogenated alkanes) is 3. The van der Waals surface area contributed by atoms with Crippen molar-refractivity contribution in [3.05, 3.63) is 23.8 Å². The molecule has 0 aliphatic carbocycles. The number of cyclic esters (lactones) is 1. The number of carbonyl (C=O) groups is 1. The Kier molecular flexibility index (Phi) is 5.57. The lowest BCUT2D eigenvalue weighted by Crippen LogP contribution is -2.24. The van der Waals surface area contributed by atoms with Crippen molar-refractivity contribution in [1.29, 1.82) is 0 Å². The third-order valence-corrected chi connectivity index (χ3v) is 3.76. The summed E-state index contributed by atoms with van der Waals surface area (Å²) in [5.41, 5.74) is 0.247. The molecule has 22 heavy (non-hydrogen) atoms. The lowest BCUT2D eigenvalue weighted by atomic mass is 10.1. The molecule has 1 heterocycles. The number of halogens is 2. The Hall–Kier alpha value is -1.85. The fraction of sp³-hybridized carbons (Fsp3) is 0.562. The van der Waals surface area contributed by atoms with Gasteiger partial charge in [-0.1, -0.05) is 26.2 Å². The van der Waals surface area contributed by atoms with Gasteiger partial charge >= 0.3 is 6.09 Å². The van der Waals surface area contributed by atoms with Crippen LogP contribution in [0.25, 0.3) is 0 Å². The van der Waals surface area contributed by atoms with E-state index in [0.29, 0.717) is 6.54 Å². The van der Waals surface area contributed by atoms with Crippen LogP contribution in [0, 0.1) is 11.6 Å². The summed E-state index contributed by atoms with van der Waals surface area (Å²) in [4.78, 5) is 13.2. The molecule has 4 nitrogen and oxygen atoms in total. The molecule has 0 aromatic heterocycles. The third kappa shape index (κ3) is 3.67. The van der Waals surface area contributed by atoms with Gasteiger partial charge in [-0.15, -0.1) is 0 Å². The second kappa shape index (κ2) is 7.42. The molecule has 0 N–H and O–H groups in total. The standard InChI is InChI=1S/C16H21F2NO3/c1-3-4-5-6-7-12-10-19(16(20)22-12)11-8-13(17)15(18)14(9-11)21-2/h8-9,12H,3-7,10H2,1-2H3. The van der Waals surface area contributed by atoms with E-state index in [-0.39, 0.29) is 17.5 Å². The molecule has 1 atom stereocenters. The molecule has 1 fully saturated rings. The maximum atomic E-state index is 13.6. The Morgan fingerprint density at radius 2 is 2.09 bits per heavy atom. The molecule has 6 heteroatoms. The maximum Gasteiger partial charge on any atom is 0.414 e. The van der Waals surface area contributed by atoms with Gasteiger partial charge in [-0.3, -0.25) is 4.90 Å². The van der Waals surface area contributed by atoms with Crippen molar-refractivity contribution in [2.24, 2.45) is 0 Å². The molecule has 1 amide bonds. The first-order valence-corrected chi connectivity index (χ1v) is 7.58. The van der Waals surface area contributed by atoms with Crippen LogP contribution in [-0.2, 0) is 4.74 Å². The summed E-state index contributed by atoms with van der Waals surface area (Å²) in [5.74, 6) is -2.34. The number of nitrogens with zero attached hydrogens (tertiary/aromatic N) is 1. The minimum atomic E-state index is -1.06. The number of hydrogen-bond donors (Lipinski definition) is 0. The van der Waals surface area contributed by atoms with Crippen molar-refractivity contribution < 1.29 is 23.0 Å². The van der Waals surface area contributed by atoms with Crippen molar-refractivity contribution in [2.45, 2.75) is 45.1 Å². The second-order valence-electron chi connectivity index (χ2n) is 5.41. The van der Waals surface area contributed by atoms with E-state index in [4.69, 9.17) is 9.47 Å². The van der Waals surface area contributed by atoms with E-state index in [1.807, 2.05) is 0 Å². The van der Waals surface area contributed by atoms with Gasteiger partial charge in [0, 0.05) is 12.1 Å². The van der Waals surface area contributed by atoms with Gasteiger partial charge in [0.2, 0.25) is 5.82 Å². The van der Waals surface area contributed by atoms with Gasteiger partial charge in [0.1, 0.15) is 6.10 Å². The highest BCUT2D eigenvalue weighted by atomic mass is 19.2. The molecular weight excluding hydrogens is 292 g/mol. The molecule has 2 rings (SSSR count). The summed E-state index contributed by atoms with van der Waals surface area (Å²) < 4.78 is 37.1. The van der Waals surface area contributed by atoms with Crippen LogP contribution in [0.2, 0.25) is 0 Å². The molecule has 122 valence electrons. The van der Waals surface area contributed by atoms with Crippen molar-refractivity contribution in [3.8, 4) is 5.75 Å².